The van der Waals surface area contributed by atoms with Crippen molar-refractivity contribution < 1.29 is 21.6 Å². The largest absolute Gasteiger partial charge is 1.00 e. The number of unbranched alkanes of at least 4 members (excludes halogenated alkanes) is 9. The highest BCUT2D eigenvalue weighted by atomic mass is 35.5. The molecular weight excluding hydrogens is 294 g/mol. The summed E-state index contributed by atoms with van der Waals surface area (Å²) < 4.78 is 6.78. The van der Waals surface area contributed by atoms with E-state index in [9.17, 15) is 0 Å². The summed E-state index contributed by atoms with van der Waals surface area (Å²) in [7, 11) is 4.57. The van der Waals surface area contributed by atoms with E-state index in [-0.39, 0.29) is 12.4 Å². The van der Waals surface area contributed by atoms with Crippen LogP contribution in [0.15, 0.2) is 0 Å². The highest BCUT2D eigenvalue weighted by molar-refractivity contribution is 4.47. The van der Waals surface area contributed by atoms with Crippen molar-refractivity contribution in [1.82, 2.24) is 0 Å². The third kappa shape index (κ3) is 18.3. The molecule has 0 saturated heterocycles. The van der Waals surface area contributed by atoms with Gasteiger partial charge >= 0.3 is 0 Å². The molecule has 0 aliphatic rings. The Labute approximate surface area is 147 Å². The Morgan fingerprint density at radius 1 is 0.773 bits per heavy atom. The van der Waals surface area contributed by atoms with Crippen LogP contribution in [0.4, 0.5) is 0 Å². The first-order valence-corrected chi connectivity index (χ1v) is 9.37. The molecule has 0 saturated carbocycles. The van der Waals surface area contributed by atoms with Crippen molar-refractivity contribution in [1.29, 1.82) is 0 Å². The fourth-order valence-electron chi connectivity index (χ4n) is 2.63. The van der Waals surface area contributed by atoms with Crippen LogP contribution in [0.3, 0.4) is 0 Å². The van der Waals surface area contributed by atoms with Crippen LogP contribution >= 0.6 is 0 Å². The van der Waals surface area contributed by atoms with Gasteiger partial charge < -0.3 is 21.6 Å². The average molecular weight is 336 g/mol. The van der Waals surface area contributed by atoms with Crippen molar-refractivity contribution in [3.05, 3.63) is 0 Å². The summed E-state index contributed by atoms with van der Waals surface area (Å²) in [4.78, 5) is 0. The van der Waals surface area contributed by atoms with Gasteiger partial charge in [0.1, 0.15) is 0 Å². The molecule has 2 nitrogen and oxygen atoms in total. The molecule has 0 unspecified atom stereocenters. The number of halogens is 1. The van der Waals surface area contributed by atoms with E-state index in [1.807, 2.05) is 0 Å². The second-order valence-corrected chi connectivity index (χ2v) is 7.74. The second kappa shape index (κ2) is 16.1. The van der Waals surface area contributed by atoms with Crippen LogP contribution in [0.25, 0.3) is 0 Å². The standard InChI is InChI=1S/C19H42NO.ClH/c1-6-7-8-9-10-11-12-13-14-15-16-20(4,5)18-21-17-19(2)3;/h19H,6-18H2,1-5H3;1H/q+1;/p-1. The highest BCUT2D eigenvalue weighted by Gasteiger charge is 2.14. The summed E-state index contributed by atoms with van der Waals surface area (Å²) in [6.45, 7) is 9.70. The predicted molar refractivity (Wildman–Crippen MR) is 94.5 cm³/mol. The third-order valence-corrected chi connectivity index (χ3v) is 4.01. The number of rotatable bonds is 15. The second-order valence-electron chi connectivity index (χ2n) is 7.74. The fourth-order valence-corrected chi connectivity index (χ4v) is 2.63. The Balaban J connectivity index is 0. The van der Waals surface area contributed by atoms with Crippen LogP contribution in [0.2, 0.25) is 0 Å². The van der Waals surface area contributed by atoms with Gasteiger partial charge in [-0.3, -0.25) is 0 Å². The van der Waals surface area contributed by atoms with Crippen LogP contribution in [-0.4, -0.2) is 38.5 Å². The van der Waals surface area contributed by atoms with E-state index in [0.717, 1.165) is 17.8 Å². The van der Waals surface area contributed by atoms with Gasteiger partial charge in [-0.25, -0.2) is 0 Å². The number of hydrogen-bond acceptors (Lipinski definition) is 1. The van der Waals surface area contributed by atoms with Crippen molar-refractivity contribution in [2.45, 2.75) is 85.0 Å². The molecule has 136 valence electrons. The Morgan fingerprint density at radius 2 is 1.23 bits per heavy atom. The van der Waals surface area contributed by atoms with E-state index in [1.54, 1.807) is 0 Å². The summed E-state index contributed by atoms with van der Waals surface area (Å²) in [6, 6.07) is 0. The van der Waals surface area contributed by atoms with Gasteiger partial charge in [0.05, 0.1) is 27.2 Å². The van der Waals surface area contributed by atoms with Gasteiger partial charge in [-0.15, -0.1) is 0 Å². The molecule has 0 aromatic heterocycles. The van der Waals surface area contributed by atoms with Crippen LogP contribution in [0.1, 0.15) is 85.0 Å². The minimum Gasteiger partial charge on any atom is -1.00 e. The first kappa shape index (κ1) is 24.5. The molecule has 3 heteroatoms. The van der Waals surface area contributed by atoms with Gasteiger partial charge in [-0.05, 0) is 18.8 Å². The Bertz CT molecular complexity index is 219. The minimum absolute atomic E-state index is 0. The maximum absolute atomic E-state index is 5.77. The smallest absolute Gasteiger partial charge is 0.182 e. The number of quaternary nitrogens is 1. The first-order valence-electron chi connectivity index (χ1n) is 9.37. The number of hydrogen-bond donors (Lipinski definition) is 0. The lowest BCUT2D eigenvalue weighted by molar-refractivity contribution is -0.910. The van der Waals surface area contributed by atoms with Gasteiger partial charge in [0.25, 0.3) is 0 Å². The molecule has 0 spiro atoms. The molecule has 0 radical (unpaired) electrons. The summed E-state index contributed by atoms with van der Waals surface area (Å²) in [5.74, 6) is 0.641. The monoisotopic (exact) mass is 335 g/mol. The van der Waals surface area contributed by atoms with Crippen LogP contribution in [0, 0.1) is 5.92 Å². The van der Waals surface area contributed by atoms with E-state index < -0.39 is 0 Å². The third-order valence-electron chi connectivity index (χ3n) is 4.01. The molecule has 0 aromatic rings. The summed E-state index contributed by atoms with van der Waals surface area (Å²) >= 11 is 0. The van der Waals surface area contributed by atoms with Crippen LogP contribution < -0.4 is 12.4 Å². The molecule has 22 heavy (non-hydrogen) atoms. The Hall–Kier alpha value is 0.210. The van der Waals surface area contributed by atoms with E-state index in [4.69, 9.17) is 4.74 Å². The number of nitrogens with zero attached hydrogens (tertiary/aromatic N) is 1. The van der Waals surface area contributed by atoms with Crippen LogP contribution in [0.5, 0.6) is 0 Å². The topological polar surface area (TPSA) is 9.23 Å². The van der Waals surface area contributed by atoms with Gasteiger partial charge in [-0.2, -0.15) is 0 Å². The van der Waals surface area contributed by atoms with Gasteiger partial charge in [-0.1, -0.05) is 72.1 Å². The molecule has 0 fully saturated rings. The highest BCUT2D eigenvalue weighted by Crippen LogP contribution is 2.11. The first-order chi connectivity index (χ1) is 9.98. The number of ether oxygens (including phenoxy) is 1. The zero-order valence-electron chi connectivity index (χ0n) is 16.0. The minimum atomic E-state index is 0. The molecule has 0 rings (SSSR count). The van der Waals surface area contributed by atoms with Crippen molar-refractivity contribution in [2.75, 3.05) is 34.0 Å². The average Bonchev–Trinajstić information content (AvgIpc) is 2.40. The van der Waals surface area contributed by atoms with E-state index >= 15 is 0 Å². The molecule has 0 N–H and O–H groups in total. The normalized spacial score (nSPS) is 11.7. The van der Waals surface area contributed by atoms with Crippen molar-refractivity contribution in [3.63, 3.8) is 0 Å². The van der Waals surface area contributed by atoms with E-state index in [0.29, 0.717) is 5.92 Å². The molecule has 0 amide bonds. The molecule has 0 atom stereocenters. The lowest BCUT2D eigenvalue weighted by atomic mass is 10.1. The molecule has 0 aliphatic carbocycles. The van der Waals surface area contributed by atoms with Crippen molar-refractivity contribution in [3.8, 4) is 0 Å². The molecule has 0 bridgehead atoms. The van der Waals surface area contributed by atoms with Gasteiger partial charge in [0.2, 0.25) is 0 Å². The zero-order valence-corrected chi connectivity index (χ0v) is 16.8. The van der Waals surface area contributed by atoms with Gasteiger partial charge in [0, 0.05) is 0 Å². The summed E-state index contributed by atoms with van der Waals surface area (Å²) in [5, 5.41) is 0. The Morgan fingerprint density at radius 3 is 1.68 bits per heavy atom. The van der Waals surface area contributed by atoms with E-state index in [2.05, 4.69) is 34.9 Å². The van der Waals surface area contributed by atoms with Crippen molar-refractivity contribution >= 4 is 0 Å². The van der Waals surface area contributed by atoms with Gasteiger partial charge in [0.15, 0.2) is 6.73 Å². The molecule has 0 aliphatic heterocycles. The Kier molecular flexibility index (Phi) is 17.9. The fraction of sp³-hybridized carbons (Fsp3) is 1.00. The molecule has 0 heterocycles. The summed E-state index contributed by atoms with van der Waals surface area (Å²) in [5.41, 5.74) is 0. The maximum Gasteiger partial charge on any atom is 0.182 e. The lowest BCUT2D eigenvalue weighted by Crippen LogP contribution is -3.00. The zero-order chi connectivity index (χ0) is 16.0. The predicted octanol–water partition coefficient (Wildman–Crippen LogP) is 2.62. The van der Waals surface area contributed by atoms with Crippen molar-refractivity contribution in [2.24, 2.45) is 5.92 Å². The SMILES string of the molecule is CCCCCCCCCCCC[N+](C)(C)COCC(C)C.[Cl-]. The molecular formula is C19H42ClNO. The summed E-state index contributed by atoms with van der Waals surface area (Å²) in [6.07, 6.45) is 14.1. The molecule has 0 aromatic carbocycles. The van der Waals surface area contributed by atoms with E-state index in [1.165, 1.54) is 70.8 Å². The lowest BCUT2D eigenvalue weighted by Gasteiger charge is -2.29. The van der Waals surface area contributed by atoms with Crippen LogP contribution in [-0.2, 0) is 4.74 Å². The quantitative estimate of drug-likeness (QED) is 0.254. The maximum atomic E-state index is 5.77.